The molecule has 0 atom stereocenters. The molecule has 0 bridgehead atoms. The van der Waals surface area contributed by atoms with Crippen LogP contribution < -0.4 is 14.2 Å². The SMILES string of the molecule is C=CCCOc1ccc(C(=O)Oc2ccc(-c3ccc(OCCOCCOCC=C)cc3)cc2)cc1. The van der Waals surface area contributed by atoms with Crippen LogP contribution in [0.5, 0.6) is 17.2 Å². The highest BCUT2D eigenvalue weighted by atomic mass is 16.5. The summed E-state index contributed by atoms with van der Waals surface area (Å²) in [5.74, 6) is 1.53. The lowest BCUT2D eigenvalue weighted by atomic mass is 10.1. The molecular weight excluding hydrogens is 456 g/mol. The van der Waals surface area contributed by atoms with Crippen LogP contribution in [0.25, 0.3) is 11.1 Å². The van der Waals surface area contributed by atoms with Crippen molar-refractivity contribution < 1.29 is 28.5 Å². The Hall–Kier alpha value is -3.87. The van der Waals surface area contributed by atoms with Gasteiger partial charge in [-0.25, -0.2) is 4.79 Å². The summed E-state index contributed by atoms with van der Waals surface area (Å²) >= 11 is 0. The van der Waals surface area contributed by atoms with E-state index in [0.29, 0.717) is 56.7 Å². The summed E-state index contributed by atoms with van der Waals surface area (Å²) < 4.78 is 27.5. The van der Waals surface area contributed by atoms with Crippen molar-refractivity contribution in [3.8, 4) is 28.4 Å². The van der Waals surface area contributed by atoms with Gasteiger partial charge in [0, 0.05) is 0 Å². The second-order valence-corrected chi connectivity index (χ2v) is 7.71. The fourth-order valence-electron chi connectivity index (χ4n) is 3.18. The van der Waals surface area contributed by atoms with E-state index in [1.54, 1.807) is 48.6 Å². The van der Waals surface area contributed by atoms with Crippen molar-refractivity contribution in [2.75, 3.05) is 39.6 Å². The summed E-state index contributed by atoms with van der Waals surface area (Å²) in [6, 6.07) is 22.1. The minimum atomic E-state index is -0.421. The number of hydrogen-bond donors (Lipinski definition) is 0. The molecule has 0 radical (unpaired) electrons. The fraction of sp³-hybridized carbons (Fsp3) is 0.233. The highest BCUT2D eigenvalue weighted by Crippen LogP contribution is 2.25. The zero-order chi connectivity index (χ0) is 25.4. The van der Waals surface area contributed by atoms with Crippen molar-refractivity contribution in [1.29, 1.82) is 0 Å². The maximum atomic E-state index is 12.5. The average Bonchev–Trinajstić information content (AvgIpc) is 2.91. The molecule has 0 aliphatic rings. The van der Waals surface area contributed by atoms with Crippen molar-refractivity contribution in [1.82, 2.24) is 0 Å². The van der Waals surface area contributed by atoms with Crippen LogP contribution in [0.3, 0.4) is 0 Å². The van der Waals surface area contributed by atoms with E-state index < -0.39 is 5.97 Å². The van der Waals surface area contributed by atoms with Crippen molar-refractivity contribution in [2.24, 2.45) is 0 Å². The number of hydrogen-bond acceptors (Lipinski definition) is 6. The second kappa shape index (κ2) is 15.2. The lowest BCUT2D eigenvalue weighted by Crippen LogP contribution is -2.10. The van der Waals surface area contributed by atoms with E-state index in [-0.39, 0.29) is 0 Å². The Balaban J connectivity index is 1.43. The summed E-state index contributed by atoms with van der Waals surface area (Å²) in [7, 11) is 0. The maximum Gasteiger partial charge on any atom is 0.343 e. The molecule has 0 saturated carbocycles. The molecule has 0 heterocycles. The number of rotatable bonds is 16. The Morgan fingerprint density at radius 3 is 1.75 bits per heavy atom. The zero-order valence-corrected chi connectivity index (χ0v) is 20.4. The van der Waals surface area contributed by atoms with Crippen molar-refractivity contribution in [3.05, 3.63) is 104 Å². The molecule has 0 saturated heterocycles. The highest BCUT2D eigenvalue weighted by molar-refractivity contribution is 5.91. The molecule has 6 nitrogen and oxygen atoms in total. The summed E-state index contributed by atoms with van der Waals surface area (Å²) in [5, 5.41) is 0. The smallest absolute Gasteiger partial charge is 0.343 e. The second-order valence-electron chi connectivity index (χ2n) is 7.71. The van der Waals surface area contributed by atoms with E-state index in [1.807, 2.05) is 36.4 Å². The highest BCUT2D eigenvalue weighted by Gasteiger charge is 2.09. The van der Waals surface area contributed by atoms with Crippen LogP contribution in [0, 0.1) is 0 Å². The van der Waals surface area contributed by atoms with Crippen LogP contribution in [-0.4, -0.2) is 45.6 Å². The Morgan fingerprint density at radius 2 is 1.14 bits per heavy atom. The first kappa shape index (κ1) is 26.7. The average molecular weight is 489 g/mol. The molecule has 0 aliphatic heterocycles. The Bertz CT molecular complexity index is 1070. The number of benzene rings is 3. The van der Waals surface area contributed by atoms with E-state index in [1.165, 1.54) is 0 Å². The first-order valence-electron chi connectivity index (χ1n) is 11.8. The predicted molar refractivity (Wildman–Crippen MR) is 141 cm³/mol. The fourth-order valence-corrected chi connectivity index (χ4v) is 3.18. The van der Waals surface area contributed by atoms with Crippen LogP contribution in [0.2, 0.25) is 0 Å². The van der Waals surface area contributed by atoms with Crippen LogP contribution in [0.4, 0.5) is 0 Å². The first-order valence-corrected chi connectivity index (χ1v) is 11.8. The van der Waals surface area contributed by atoms with E-state index in [2.05, 4.69) is 13.2 Å². The summed E-state index contributed by atoms with van der Waals surface area (Å²) in [4.78, 5) is 12.5. The van der Waals surface area contributed by atoms with Gasteiger partial charge in [0.05, 0.1) is 38.6 Å². The molecule has 0 amide bonds. The van der Waals surface area contributed by atoms with Crippen molar-refractivity contribution in [2.45, 2.75) is 6.42 Å². The van der Waals surface area contributed by atoms with Gasteiger partial charge in [-0.05, 0) is 66.1 Å². The van der Waals surface area contributed by atoms with Gasteiger partial charge in [0.2, 0.25) is 0 Å². The Labute approximate surface area is 212 Å². The zero-order valence-electron chi connectivity index (χ0n) is 20.4. The van der Waals surface area contributed by atoms with Gasteiger partial charge in [-0.1, -0.05) is 36.4 Å². The Kier molecular flexibility index (Phi) is 11.3. The first-order chi connectivity index (χ1) is 17.7. The van der Waals surface area contributed by atoms with Gasteiger partial charge < -0.3 is 23.7 Å². The molecule has 0 spiro atoms. The molecule has 0 unspecified atom stereocenters. The van der Waals surface area contributed by atoms with Gasteiger partial charge in [-0.15, -0.1) is 13.2 Å². The van der Waals surface area contributed by atoms with Crippen LogP contribution >= 0.6 is 0 Å². The third-order valence-corrected chi connectivity index (χ3v) is 5.04. The van der Waals surface area contributed by atoms with Gasteiger partial charge in [0.15, 0.2) is 0 Å². The topological polar surface area (TPSA) is 63.2 Å². The molecule has 36 heavy (non-hydrogen) atoms. The molecule has 6 heteroatoms. The minimum Gasteiger partial charge on any atom is -0.493 e. The molecule has 0 aromatic heterocycles. The van der Waals surface area contributed by atoms with E-state index in [4.69, 9.17) is 23.7 Å². The normalized spacial score (nSPS) is 10.4. The monoisotopic (exact) mass is 488 g/mol. The Morgan fingerprint density at radius 1 is 0.611 bits per heavy atom. The summed E-state index contributed by atoms with van der Waals surface area (Å²) in [6.45, 7) is 10.4. The summed E-state index contributed by atoms with van der Waals surface area (Å²) in [5.41, 5.74) is 2.49. The van der Waals surface area contributed by atoms with Gasteiger partial charge in [-0.2, -0.15) is 0 Å². The van der Waals surface area contributed by atoms with Crippen LogP contribution in [0.1, 0.15) is 16.8 Å². The molecular formula is C30H32O6. The molecule has 0 aliphatic carbocycles. The summed E-state index contributed by atoms with van der Waals surface area (Å²) in [6.07, 6.45) is 4.27. The third-order valence-electron chi connectivity index (χ3n) is 5.04. The molecule has 188 valence electrons. The van der Waals surface area contributed by atoms with Gasteiger partial charge >= 0.3 is 5.97 Å². The lowest BCUT2D eigenvalue weighted by molar-refractivity contribution is 0.0449. The van der Waals surface area contributed by atoms with E-state index >= 15 is 0 Å². The largest absolute Gasteiger partial charge is 0.493 e. The molecule has 0 N–H and O–H groups in total. The third kappa shape index (κ3) is 9.06. The van der Waals surface area contributed by atoms with Crippen LogP contribution in [-0.2, 0) is 9.47 Å². The van der Waals surface area contributed by atoms with Gasteiger partial charge in [0.1, 0.15) is 23.9 Å². The maximum absolute atomic E-state index is 12.5. The lowest BCUT2D eigenvalue weighted by Gasteiger charge is -2.09. The molecule has 3 aromatic carbocycles. The molecule has 3 aromatic rings. The number of ether oxygens (including phenoxy) is 5. The minimum absolute atomic E-state index is 0.421. The predicted octanol–water partition coefficient (Wildman–Crippen LogP) is 6.13. The number of carbonyl (C=O) groups excluding carboxylic acids is 1. The van der Waals surface area contributed by atoms with Gasteiger partial charge in [-0.3, -0.25) is 0 Å². The molecule has 3 rings (SSSR count). The molecule has 0 fully saturated rings. The van der Waals surface area contributed by atoms with Crippen molar-refractivity contribution >= 4 is 5.97 Å². The van der Waals surface area contributed by atoms with Gasteiger partial charge in [0.25, 0.3) is 0 Å². The van der Waals surface area contributed by atoms with Crippen molar-refractivity contribution in [3.63, 3.8) is 0 Å². The van der Waals surface area contributed by atoms with E-state index in [0.717, 1.165) is 23.3 Å². The number of carbonyl (C=O) groups is 1. The number of esters is 1. The quantitative estimate of drug-likeness (QED) is 0.105. The van der Waals surface area contributed by atoms with Crippen LogP contribution in [0.15, 0.2) is 98.1 Å². The standard InChI is InChI=1S/C30H32O6/c1-3-5-19-34-27-14-10-26(11-15-27)30(31)36-29-16-8-25(9-17-29)24-6-12-28(13-7-24)35-23-22-33-21-20-32-18-4-2/h3-4,6-17H,1-2,5,18-23H2. The van der Waals surface area contributed by atoms with E-state index in [9.17, 15) is 4.79 Å².